The van der Waals surface area contributed by atoms with Crippen molar-refractivity contribution < 1.29 is 14.6 Å². The van der Waals surface area contributed by atoms with E-state index in [4.69, 9.17) is 9.72 Å². The van der Waals surface area contributed by atoms with E-state index >= 15 is 0 Å². The Morgan fingerprint density at radius 1 is 1.18 bits per heavy atom. The third-order valence-electron chi connectivity index (χ3n) is 5.74. The summed E-state index contributed by atoms with van der Waals surface area (Å²) in [5.41, 5.74) is 0.958. The number of aromatic nitrogens is 2. The first kappa shape index (κ1) is 23.6. The van der Waals surface area contributed by atoms with Crippen molar-refractivity contribution >= 4 is 54.9 Å². The molecule has 0 bridgehead atoms. The van der Waals surface area contributed by atoms with E-state index in [1.165, 1.54) is 24.2 Å². The van der Waals surface area contributed by atoms with Crippen LogP contribution in [-0.2, 0) is 4.79 Å². The minimum Gasteiger partial charge on any atom is -0.479 e. The summed E-state index contributed by atoms with van der Waals surface area (Å²) in [6, 6.07) is 10.7. The first-order chi connectivity index (χ1) is 15.8. The molecule has 3 aromatic rings. The number of rotatable bonds is 6. The second-order valence-electron chi connectivity index (χ2n) is 8.11. The standard InChI is InChI=1S/C24H23Br2N3O4/c1-14(24(31)32)33-21-10-8-17(25)11-16(21)13-27-29-22(15-5-3-2-4-6-15)28-20-9-7-18(26)12-19(20)23(29)30/h7-15H,2-6H2,1H3,(H,31,32)/t14-/m0/s1. The lowest BCUT2D eigenvalue weighted by Gasteiger charge is -2.22. The molecule has 1 aliphatic rings. The lowest BCUT2D eigenvalue weighted by Crippen LogP contribution is -2.25. The highest BCUT2D eigenvalue weighted by molar-refractivity contribution is 9.10. The van der Waals surface area contributed by atoms with E-state index in [9.17, 15) is 14.7 Å². The molecule has 1 N–H and O–H groups in total. The van der Waals surface area contributed by atoms with Crippen molar-refractivity contribution in [1.29, 1.82) is 0 Å². The number of nitrogens with zero attached hydrogens (tertiary/aromatic N) is 3. The first-order valence-corrected chi connectivity index (χ1v) is 12.4. The summed E-state index contributed by atoms with van der Waals surface area (Å²) in [5, 5.41) is 14.2. The number of halogens is 2. The van der Waals surface area contributed by atoms with Crippen molar-refractivity contribution in [3.63, 3.8) is 0 Å². The molecule has 1 fully saturated rings. The van der Waals surface area contributed by atoms with Crippen LogP contribution in [0.5, 0.6) is 5.75 Å². The Balaban J connectivity index is 1.82. The van der Waals surface area contributed by atoms with Gasteiger partial charge in [-0.05, 0) is 56.2 Å². The summed E-state index contributed by atoms with van der Waals surface area (Å²) in [6.07, 6.45) is 5.80. The third-order valence-corrected chi connectivity index (χ3v) is 6.73. The Morgan fingerprint density at radius 3 is 2.61 bits per heavy atom. The van der Waals surface area contributed by atoms with Gasteiger partial charge in [0.15, 0.2) is 6.10 Å². The molecular weight excluding hydrogens is 554 g/mol. The zero-order valence-electron chi connectivity index (χ0n) is 18.0. The molecule has 7 nitrogen and oxygen atoms in total. The number of benzene rings is 2. The first-order valence-electron chi connectivity index (χ1n) is 10.8. The molecule has 1 aromatic heterocycles. The number of ether oxygens (including phenoxy) is 1. The highest BCUT2D eigenvalue weighted by Gasteiger charge is 2.23. The molecule has 1 heterocycles. The number of hydrogen-bond acceptors (Lipinski definition) is 5. The SMILES string of the molecule is C[C@H](Oc1ccc(Br)cc1C=Nn1c(C2CCCCC2)nc2ccc(Br)cc2c1=O)C(=O)O. The van der Waals surface area contributed by atoms with Crippen LogP contribution in [0.25, 0.3) is 10.9 Å². The maximum Gasteiger partial charge on any atom is 0.344 e. The minimum atomic E-state index is -1.07. The van der Waals surface area contributed by atoms with E-state index in [1.807, 2.05) is 12.1 Å². The van der Waals surface area contributed by atoms with Crippen LogP contribution in [0.4, 0.5) is 0 Å². The van der Waals surface area contributed by atoms with Crippen LogP contribution in [0.15, 0.2) is 55.2 Å². The molecular formula is C24H23Br2N3O4. The number of aliphatic carboxylic acids is 1. The van der Waals surface area contributed by atoms with Gasteiger partial charge in [0.1, 0.15) is 11.6 Å². The topological polar surface area (TPSA) is 93.8 Å². The van der Waals surface area contributed by atoms with Crippen molar-refractivity contribution in [2.75, 3.05) is 0 Å². The number of carboxylic acid groups (broad SMARTS) is 1. The van der Waals surface area contributed by atoms with Crippen LogP contribution < -0.4 is 10.3 Å². The Labute approximate surface area is 207 Å². The molecule has 9 heteroatoms. The van der Waals surface area contributed by atoms with Crippen LogP contribution in [0, 0.1) is 0 Å². The second kappa shape index (κ2) is 10.2. The maximum atomic E-state index is 13.5. The summed E-state index contributed by atoms with van der Waals surface area (Å²) < 4.78 is 8.55. The minimum absolute atomic E-state index is 0.155. The molecule has 0 amide bonds. The molecule has 1 aliphatic carbocycles. The fourth-order valence-corrected chi connectivity index (χ4v) is 4.73. The maximum absolute atomic E-state index is 13.5. The normalized spacial score (nSPS) is 15.7. The van der Waals surface area contributed by atoms with E-state index < -0.39 is 12.1 Å². The van der Waals surface area contributed by atoms with Crippen molar-refractivity contribution in [3.05, 3.63) is 67.1 Å². The molecule has 0 spiro atoms. The van der Waals surface area contributed by atoms with Gasteiger partial charge >= 0.3 is 5.97 Å². The molecule has 0 aliphatic heterocycles. The van der Waals surface area contributed by atoms with Crippen molar-refractivity contribution in [2.24, 2.45) is 5.10 Å². The fraction of sp³-hybridized carbons (Fsp3) is 0.333. The molecule has 0 saturated heterocycles. The highest BCUT2D eigenvalue weighted by atomic mass is 79.9. The Hall–Kier alpha value is -2.52. The Morgan fingerprint density at radius 2 is 1.88 bits per heavy atom. The third kappa shape index (κ3) is 5.35. The summed E-state index contributed by atoms with van der Waals surface area (Å²) in [4.78, 5) is 29.5. The van der Waals surface area contributed by atoms with Gasteiger partial charge in [0, 0.05) is 20.4 Å². The van der Waals surface area contributed by atoms with Crippen LogP contribution in [0.1, 0.15) is 56.3 Å². The van der Waals surface area contributed by atoms with Gasteiger partial charge in [-0.3, -0.25) is 4.79 Å². The molecule has 4 rings (SSSR count). The summed E-state index contributed by atoms with van der Waals surface area (Å²) >= 11 is 6.86. The predicted octanol–water partition coefficient (Wildman–Crippen LogP) is 5.70. The van der Waals surface area contributed by atoms with Gasteiger partial charge in [-0.25, -0.2) is 9.78 Å². The monoisotopic (exact) mass is 575 g/mol. The van der Waals surface area contributed by atoms with Gasteiger partial charge in [-0.15, -0.1) is 0 Å². The number of fused-ring (bicyclic) bond motifs is 1. The van der Waals surface area contributed by atoms with E-state index in [1.54, 1.807) is 24.3 Å². The molecule has 172 valence electrons. The fourth-order valence-electron chi connectivity index (χ4n) is 3.99. The van der Waals surface area contributed by atoms with Gasteiger partial charge in [0.25, 0.3) is 5.56 Å². The van der Waals surface area contributed by atoms with E-state index in [0.717, 1.165) is 34.6 Å². The van der Waals surface area contributed by atoms with Crippen molar-refractivity contribution in [2.45, 2.75) is 51.0 Å². The Bertz CT molecular complexity index is 1280. The second-order valence-corrected chi connectivity index (χ2v) is 9.94. The lowest BCUT2D eigenvalue weighted by atomic mass is 9.88. The van der Waals surface area contributed by atoms with Gasteiger partial charge in [0.05, 0.1) is 17.1 Å². The summed E-state index contributed by atoms with van der Waals surface area (Å²) in [6.45, 7) is 1.46. The average molecular weight is 577 g/mol. The quantitative estimate of drug-likeness (QED) is 0.380. The predicted molar refractivity (Wildman–Crippen MR) is 134 cm³/mol. The molecule has 0 radical (unpaired) electrons. The summed E-state index contributed by atoms with van der Waals surface area (Å²) in [5.74, 6) is 0.102. The molecule has 1 saturated carbocycles. The van der Waals surface area contributed by atoms with E-state index in [0.29, 0.717) is 28.0 Å². The number of carbonyl (C=O) groups is 1. The van der Waals surface area contributed by atoms with Crippen LogP contribution in [-0.4, -0.2) is 33.1 Å². The zero-order valence-corrected chi connectivity index (χ0v) is 21.2. The van der Waals surface area contributed by atoms with Crippen LogP contribution in [0.3, 0.4) is 0 Å². The van der Waals surface area contributed by atoms with E-state index in [-0.39, 0.29) is 11.5 Å². The van der Waals surface area contributed by atoms with Crippen molar-refractivity contribution in [1.82, 2.24) is 9.66 Å². The number of hydrogen-bond donors (Lipinski definition) is 1. The van der Waals surface area contributed by atoms with Crippen LogP contribution in [0.2, 0.25) is 0 Å². The van der Waals surface area contributed by atoms with Crippen LogP contribution >= 0.6 is 31.9 Å². The molecule has 2 aromatic carbocycles. The largest absolute Gasteiger partial charge is 0.479 e. The van der Waals surface area contributed by atoms with Gasteiger partial charge < -0.3 is 9.84 Å². The zero-order chi connectivity index (χ0) is 23.5. The van der Waals surface area contributed by atoms with Gasteiger partial charge in [-0.2, -0.15) is 9.78 Å². The van der Waals surface area contributed by atoms with Gasteiger partial charge in [-0.1, -0.05) is 51.1 Å². The average Bonchev–Trinajstić information content (AvgIpc) is 2.80. The van der Waals surface area contributed by atoms with Gasteiger partial charge in [0.2, 0.25) is 0 Å². The highest BCUT2D eigenvalue weighted by Crippen LogP contribution is 2.32. The molecule has 1 atom stereocenters. The van der Waals surface area contributed by atoms with Crippen molar-refractivity contribution in [3.8, 4) is 5.75 Å². The molecule has 33 heavy (non-hydrogen) atoms. The molecule has 0 unspecified atom stereocenters. The summed E-state index contributed by atoms with van der Waals surface area (Å²) in [7, 11) is 0. The van der Waals surface area contributed by atoms with E-state index in [2.05, 4.69) is 37.0 Å². The number of carboxylic acids is 1. The smallest absolute Gasteiger partial charge is 0.344 e. The lowest BCUT2D eigenvalue weighted by molar-refractivity contribution is -0.144. The Kier molecular flexibility index (Phi) is 7.29.